The molecule has 3 N–H and O–H groups in total. The van der Waals surface area contributed by atoms with Gasteiger partial charge in [0.15, 0.2) is 0 Å². The number of aromatic nitrogens is 2. The quantitative estimate of drug-likeness (QED) is 0.487. The van der Waals surface area contributed by atoms with Crippen LogP contribution in [0.5, 0.6) is 0 Å². The molecule has 0 aromatic carbocycles. The van der Waals surface area contributed by atoms with Crippen molar-refractivity contribution < 1.29 is 4.79 Å². The molecule has 0 bridgehead atoms. The fraction of sp³-hybridized carbons (Fsp3) is 0. The van der Waals surface area contributed by atoms with E-state index in [-0.39, 0.29) is 5.69 Å². The molecule has 0 atom stereocenters. The predicted octanol–water partition coefficient (Wildman–Crippen LogP) is 0.0619. The largest absolute Gasteiger partial charge is 0.396 e. The number of nitrogens with zero attached hydrogens (tertiary/aromatic N) is 1. The molecule has 0 saturated carbocycles. The molecule has 0 spiro atoms. The topological polar surface area (TPSA) is 71.8 Å². The number of carbonyl (C=O) groups excluding carboxylic acids is 1. The van der Waals surface area contributed by atoms with Crippen molar-refractivity contribution in [1.29, 1.82) is 0 Å². The van der Waals surface area contributed by atoms with Gasteiger partial charge in [-0.1, -0.05) is 12.6 Å². The second-order valence-electron chi connectivity index (χ2n) is 1.51. The summed E-state index contributed by atoms with van der Waals surface area (Å²) < 4.78 is 0. The van der Waals surface area contributed by atoms with Crippen molar-refractivity contribution in [2.24, 2.45) is 0 Å². The van der Waals surface area contributed by atoms with E-state index in [9.17, 15) is 4.79 Å². The highest BCUT2D eigenvalue weighted by molar-refractivity contribution is 7.97. The number of rotatable bonds is 1. The summed E-state index contributed by atoms with van der Waals surface area (Å²) in [7, 11) is 0. The second kappa shape index (κ2) is 2.10. The molecule has 0 aliphatic rings. The first-order valence-electron chi connectivity index (χ1n) is 2.24. The molecule has 5 heteroatoms. The molecular formula is C4H5N3OS. The lowest BCUT2D eigenvalue weighted by molar-refractivity contribution is 0.108. The van der Waals surface area contributed by atoms with Crippen LogP contribution >= 0.6 is 12.6 Å². The number of anilines is 1. The van der Waals surface area contributed by atoms with Crippen molar-refractivity contribution >= 4 is 23.4 Å². The lowest BCUT2D eigenvalue weighted by Crippen LogP contribution is -1.94. The van der Waals surface area contributed by atoms with Crippen LogP contribution in [0.3, 0.4) is 0 Å². The summed E-state index contributed by atoms with van der Waals surface area (Å²) in [6.07, 6.45) is 1.36. The van der Waals surface area contributed by atoms with Gasteiger partial charge in [-0.15, -0.1) is 0 Å². The van der Waals surface area contributed by atoms with Crippen LogP contribution in [0, 0.1) is 0 Å². The van der Waals surface area contributed by atoms with Gasteiger partial charge in [0.1, 0.15) is 5.69 Å². The van der Waals surface area contributed by atoms with E-state index in [2.05, 4.69) is 22.8 Å². The maximum Gasteiger partial charge on any atom is 0.236 e. The molecule has 1 aromatic heterocycles. The molecule has 48 valence electrons. The Kier molecular flexibility index (Phi) is 1.44. The van der Waals surface area contributed by atoms with Crippen molar-refractivity contribution in [3.63, 3.8) is 0 Å². The van der Waals surface area contributed by atoms with Gasteiger partial charge in [-0.05, 0) is 0 Å². The highest BCUT2D eigenvalue weighted by Gasteiger charge is 2.05. The summed E-state index contributed by atoms with van der Waals surface area (Å²) in [5.41, 5.74) is 5.86. The summed E-state index contributed by atoms with van der Waals surface area (Å²) >= 11 is 3.53. The molecule has 9 heavy (non-hydrogen) atoms. The molecule has 0 aliphatic carbocycles. The highest BCUT2D eigenvalue weighted by Crippen LogP contribution is 2.07. The van der Waals surface area contributed by atoms with Crippen LogP contribution in [-0.2, 0) is 0 Å². The van der Waals surface area contributed by atoms with E-state index in [0.29, 0.717) is 5.69 Å². The van der Waals surface area contributed by atoms with E-state index < -0.39 is 5.12 Å². The second-order valence-corrected chi connectivity index (χ2v) is 1.91. The number of aromatic amines is 1. The van der Waals surface area contributed by atoms with Gasteiger partial charge in [0, 0.05) is 0 Å². The Bertz CT molecular complexity index is 231. The van der Waals surface area contributed by atoms with Crippen LogP contribution in [0.4, 0.5) is 5.69 Å². The maximum absolute atomic E-state index is 10.4. The summed E-state index contributed by atoms with van der Waals surface area (Å²) in [5.74, 6) is 0. The number of carbonyl (C=O) groups is 1. The molecule has 4 nitrogen and oxygen atoms in total. The average molecular weight is 143 g/mol. The Balaban J connectivity index is 3.08. The van der Waals surface area contributed by atoms with Gasteiger partial charge in [-0.2, -0.15) is 5.10 Å². The lowest BCUT2D eigenvalue weighted by atomic mass is 10.4. The Morgan fingerprint density at radius 2 is 2.56 bits per heavy atom. The number of nitrogens with two attached hydrogens (primary N) is 1. The minimum Gasteiger partial charge on any atom is -0.396 e. The van der Waals surface area contributed by atoms with Gasteiger partial charge in [0.2, 0.25) is 5.12 Å². The third kappa shape index (κ3) is 1.05. The van der Waals surface area contributed by atoms with E-state index in [1.807, 2.05) is 0 Å². The van der Waals surface area contributed by atoms with Gasteiger partial charge in [-0.3, -0.25) is 9.89 Å². The van der Waals surface area contributed by atoms with Gasteiger partial charge in [-0.25, -0.2) is 0 Å². The third-order valence-corrected chi connectivity index (χ3v) is 1.11. The Hall–Kier alpha value is -0.970. The Morgan fingerprint density at radius 1 is 1.89 bits per heavy atom. The Morgan fingerprint density at radius 3 is 2.78 bits per heavy atom. The average Bonchev–Trinajstić information content (AvgIpc) is 2.13. The number of H-pyrrole nitrogens is 1. The summed E-state index contributed by atoms with van der Waals surface area (Å²) in [6.45, 7) is 0. The van der Waals surface area contributed by atoms with Gasteiger partial charge in [0.05, 0.1) is 11.9 Å². The summed E-state index contributed by atoms with van der Waals surface area (Å²) in [6, 6.07) is 0. The van der Waals surface area contributed by atoms with Crippen LogP contribution < -0.4 is 5.73 Å². The Labute approximate surface area is 56.9 Å². The maximum atomic E-state index is 10.4. The molecule has 1 heterocycles. The summed E-state index contributed by atoms with van der Waals surface area (Å²) in [4.78, 5) is 10.4. The molecule has 0 fully saturated rings. The van der Waals surface area contributed by atoms with Crippen molar-refractivity contribution in [2.45, 2.75) is 0 Å². The SMILES string of the molecule is Nc1cn[nH]c1C(=O)S. The normalized spacial score (nSPS) is 9.44. The lowest BCUT2D eigenvalue weighted by Gasteiger charge is -1.86. The van der Waals surface area contributed by atoms with Crippen LogP contribution in [0.15, 0.2) is 6.20 Å². The monoisotopic (exact) mass is 143 g/mol. The highest BCUT2D eigenvalue weighted by atomic mass is 32.1. The van der Waals surface area contributed by atoms with Crippen molar-refractivity contribution in [3.8, 4) is 0 Å². The van der Waals surface area contributed by atoms with E-state index in [4.69, 9.17) is 5.73 Å². The fourth-order valence-electron chi connectivity index (χ4n) is 0.467. The number of nitrogen functional groups attached to an aromatic ring is 1. The predicted molar refractivity (Wildman–Crippen MR) is 36.3 cm³/mol. The van der Waals surface area contributed by atoms with E-state index in [1.165, 1.54) is 6.20 Å². The minimum absolute atomic E-state index is 0.248. The number of thiol groups is 1. The zero-order valence-corrected chi connectivity index (χ0v) is 5.35. The number of hydrogen-bond acceptors (Lipinski definition) is 3. The van der Waals surface area contributed by atoms with Gasteiger partial charge >= 0.3 is 0 Å². The van der Waals surface area contributed by atoms with Crippen molar-refractivity contribution in [3.05, 3.63) is 11.9 Å². The van der Waals surface area contributed by atoms with Crippen LogP contribution in [0.1, 0.15) is 10.5 Å². The fourth-order valence-corrected chi connectivity index (χ4v) is 0.646. The molecule has 0 radical (unpaired) electrons. The summed E-state index contributed by atoms with van der Waals surface area (Å²) in [5, 5.41) is 5.53. The number of nitrogens with one attached hydrogen (secondary N) is 1. The van der Waals surface area contributed by atoms with Gasteiger partial charge < -0.3 is 5.73 Å². The smallest absolute Gasteiger partial charge is 0.236 e. The molecule has 0 aliphatic heterocycles. The number of hydrogen-bond donors (Lipinski definition) is 3. The van der Waals surface area contributed by atoms with Crippen molar-refractivity contribution in [2.75, 3.05) is 5.73 Å². The van der Waals surface area contributed by atoms with Crippen LogP contribution in [-0.4, -0.2) is 15.3 Å². The molecule has 0 saturated heterocycles. The first-order chi connectivity index (χ1) is 4.22. The van der Waals surface area contributed by atoms with Gasteiger partial charge in [0.25, 0.3) is 0 Å². The van der Waals surface area contributed by atoms with Crippen LogP contribution in [0.25, 0.3) is 0 Å². The standard InChI is InChI=1S/C4H5N3OS/c5-2-1-6-7-3(2)4(8)9/h1H,5H2,(H,6,7)(H,8,9). The molecule has 1 aromatic rings. The van der Waals surface area contributed by atoms with E-state index >= 15 is 0 Å². The zero-order chi connectivity index (χ0) is 6.85. The molecular weight excluding hydrogens is 138 g/mol. The van der Waals surface area contributed by atoms with E-state index in [0.717, 1.165) is 0 Å². The van der Waals surface area contributed by atoms with Crippen LogP contribution in [0.2, 0.25) is 0 Å². The molecule has 0 amide bonds. The molecule has 1 rings (SSSR count). The van der Waals surface area contributed by atoms with E-state index in [1.54, 1.807) is 0 Å². The first kappa shape index (κ1) is 6.15. The zero-order valence-electron chi connectivity index (χ0n) is 4.46. The minimum atomic E-state index is -0.398. The third-order valence-electron chi connectivity index (χ3n) is 0.883. The first-order valence-corrected chi connectivity index (χ1v) is 2.68. The van der Waals surface area contributed by atoms with Crippen molar-refractivity contribution in [1.82, 2.24) is 10.2 Å². The molecule has 0 unspecified atom stereocenters.